The maximum Gasteiger partial charge on any atom is 0.105 e. The molecule has 1 aliphatic heterocycles. The number of hydrogen-bond acceptors (Lipinski definition) is 2. The Balaban J connectivity index is 2.49. The summed E-state index contributed by atoms with van der Waals surface area (Å²) < 4.78 is 5.30. The Labute approximate surface area is 74.2 Å². The predicted molar refractivity (Wildman–Crippen MR) is 48.9 cm³/mol. The Bertz CT molecular complexity index is 175. The molecule has 12 heavy (non-hydrogen) atoms. The van der Waals surface area contributed by atoms with Crippen LogP contribution in [0, 0.1) is 5.92 Å². The van der Waals surface area contributed by atoms with E-state index in [0.717, 1.165) is 12.0 Å². The van der Waals surface area contributed by atoms with Crippen molar-refractivity contribution in [2.75, 3.05) is 0 Å². The molecule has 1 rings (SSSR count). The van der Waals surface area contributed by atoms with Crippen molar-refractivity contribution in [2.45, 2.75) is 45.5 Å². The number of epoxide rings is 1. The second kappa shape index (κ2) is 3.58. The van der Waals surface area contributed by atoms with Crippen molar-refractivity contribution in [3.63, 3.8) is 0 Å². The summed E-state index contributed by atoms with van der Waals surface area (Å²) in [5, 5.41) is 9.43. The van der Waals surface area contributed by atoms with E-state index >= 15 is 0 Å². The van der Waals surface area contributed by atoms with Crippen LogP contribution in [0.25, 0.3) is 0 Å². The summed E-state index contributed by atoms with van der Waals surface area (Å²) in [6.45, 7) is 9.88. The van der Waals surface area contributed by atoms with Gasteiger partial charge in [0.15, 0.2) is 0 Å². The number of hydrogen-bond donors (Lipinski definition) is 1. The average Bonchev–Trinajstić information content (AvgIpc) is 2.67. The monoisotopic (exact) mass is 170 g/mol. The summed E-state index contributed by atoms with van der Waals surface area (Å²) >= 11 is 0. The zero-order valence-corrected chi connectivity index (χ0v) is 8.08. The van der Waals surface area contributed by atoms with E-state index in [1.807, 2.05) is 13.8 Å². The topological polar surface area (TPSA) is 32.8 Å². The minimum Gasteiger partial charge on any atom is -0.393 e. The lowest BCUT2D eigenvalue weighted by Crippen LogP contribution is -2.20. The van der Waals surface area contributed by atoms with Gasteiger partial charge in [-0.2, -0.15) is 0 Å². The van der Waals surface area contributed by atoms with E-state index in [9.17, 15) is 5.11 Å². The Morgan fingerprint density at radius 3 is 2.42 bits per heavy atom. The van der Waals surface area contributed by atoms with Crippen LogP contribution in [-0.4, -0.2) is 23.4 Å². The van der Waals surface area contributed by atoms with Crippen molar-refractivity contribution in [1.29, 1.82) is 0 Å². The fourth-order valence-electron chi connectivity index (χ4n) is 1.70. The van der Waals surface area contributed by atoms with Gasteiger partial charge in [0.2, 0.25) is 0 Å². The zero-order valence-electron chi connectivity index (χ0n) is 8.08. The SMILES string of the molecule is C=C([C@H](CC)[C@@H](C)O)[C@@H]1O[C@H]1C. The summed E-state index contributed by atoms with van der Waals surface area (Å²) in [6, 6.07) is 0. The van der Waals surface area contributed by atoms with Crippen LogP contribution >= 0.6 is 0 Å². The van der Waals surface area contributed by atoms with Crippen LogP contribution in [0.1, 0.15) is 27.2 Å². The van der Waals surface area contributed by atoms with E-state index in [1.54, 1.807) is 0 Å². The molecule has 70 valence electrons. The van der Waals surface area contributed by atoms with Crippen molar-refractivity contribution >= 4 is 0 Å². The van der Waals surface area contributed by atoms with Gasteiger partial charge in [0.05, 0.1) is 12.2 Å². The van der Waals surface area contributed by atoms with E-state index < -0.39 is 0 Å². The maximum absolute atomic E-state index is 9.43. The highest BCUT2D eigenvalue weighted by molar-refractivity contribution is 5.16. The minimum atomic E-state index is -0.307. The fourth-order valence-corrected chi connectivity index (χ4v) is 1.70. The van der Waals surface area contributed by atoms with Gasteiger partial charge in [-0.3, -0.25) is 0 Å². The quantitative estimate of drug-likeness (QED) is 0.515. The van der Waals surface area contributed by atoms with Gasteiger partial charge in [-0.15, -0.1) is 0 Å². The highest BCUT2D eigenvalue weighted by Gasteiger charge is 2.39. The molecule has 1 N–H and O–H groups in total. The Morgan fingerprint density at radius 1 is 1.67 bits per heavy atom. The van der Waals surface area contributed by atoms with Gasteiger partial charge in [-0.1, -0.05) is 13.5 Å². The lowest BCUT2D eigenvalue weighted by atomic mass is 9.90. The van der Waals surface area contributed by atoms with Crippen molar-refractivity contribution in [3.8, 4) is 0 Å². The van der Waals surface area contributed by atoms with Crippen molar-refractivity contribution in [3.05, 3.63) is 12.2 Å². The van der Waals surface area contributed by atoms with Gasteiger partial charge in [-0.25, -0.2) is 0 Å². The molecule has 1 heterocycles. The molecular weight excluding hydrogens is 152 g/mol. The Kier molecular flexibility index (Phi) is 2.91. The van der Waals surface area contributed by atoms with Crippen molar-refractivity contribution < 1.29 is 9.84 Å². The summed E-state index contributed by atoms with van der Waals surface area (Å²) in [6.07, 6.45) is 1.14. The molecule has 0 saturated carbocycles. The molecule has 4 atom stereocenters. The molecule has 0 amide bonds. The van der Waals surface area contributed by atoms with Gasteiger partial charge in [-0.05, 0) is 25.8 Å². The second-order valence-electron chi connectivity index (χ2n) is 3.59. The molecule has 0 aromatic heterocycles. The Morgan fingerprint density at radius 2 is 2.17 bits per heavy atom. The van der Waals surface area contributed by atoms with E-state index in [-0.39, 0.29) is 18.1 Å². The number of rotatable bonds is 4. The molecule has 2 nitrogen and oxygen atoms in total. The summed E-state index contributed by atoms with van der Waals surface area (Å²) in [5.41, 5.74) is 1.06. The lowest BCUT2D eigenvalue weighted by molar-refractivity contribution is 0.137. The average molecular weight is 170 g/mol. The molecule has 0 aromatic rings. The van der Waals surface area contributed by atoms with Gasteiger partial charge in [0.25, 0.3) is 0 Å². The van der Waals surface area contributed by atoms with Crippen LogP contribution in [0.15, 0.2) is 12.2 Å². The predicted octanol–water partition coefficient (Wildman–Crippen LogP) is 1.74. The highest BCUT2D eigenvalue weighted by Crippen LogP contribution is 2.34. The molecule has 0 spiro atoms. The number of aliphatic hydroxyl groups is 1. The van der Waals surface area contributed by atoms with Gasteiger partial charge in [0, 0.05) is 5.92 Å². The van der Waals surface area contributed by atoms with E-state index in [0.29, 0.717) is 6.10 Å². The van der Waals surface area contributed by atoms with Gasteiger partial charge in [0.1, 0.15) is 6.10 Å². The molecule has 0 unspecified atom stereocenters. The smallest absolute Gasteiger partial charge is 0.105 e. The summed E-state index contributed by atoms with van der Waals surface area (Å²) in [4.78, 5) is 0. The molecule has 1 aliphatic rings. The van der Waals surface area contributed by atoms with Crippen LogP contribution in [0.3, 0.4) is 0 Å². The lowest BCUT2D eigenvalue weighted by Gasteiger charge is -2.19. The molecule has 0 bridgehead atoms. The first-order valence-electron chi connectivity index (χ1n) is 4.60. The van der Waals surface area contributed by atoms with Crippen LogP contribution in [0.2, 0.25) is 0 Å². The van der Waals surface area contributed by atoms with Crippen LogP contribution < -0.4 is 0 Å². The minimum absolute atomic E-state index is 0.194. The van der Waals surface area contributed by atoms with Gasteiger partial charge < -0.3 is 9.84 Å². The third kappa shape index (κ3) is 1.87. The summed E-state index contributed by atoms with van der Waals surface area (Å²) in [5.74, 6) is 0.194. The third-order valence-corrected chi connectivity index (χ3v) is 2.57. The number of ether oxygens (including phenoxy) is 1. The Hall–Kier alpha value is -0.340. The van der Waals surface area contributed by atoms with Crippen LogP contribution in [-0.2, 0) is 4.74 Å². The van der Waals surface area contributed by atoms with E-state index in [4.69, 9.17) is 4.74 Å². The first-order chi connectivity index (χ1) is 5.57. The normalized spacial score (nSPS) is 32.7. The van der Waals surface area contributed by atoms with E-state index in [1.165, 1.54) is 0 Å². The van der Waals surface area contributed by atoms with Crippen LogP contribution in [0.5, 0.6) is 0 Å². The van der Waals surface area contributed by atoms with E-state index in [2.05, 4.69) is 13.5 Å². The largest absolute Gasteiger partial charge is 0.393 e. The first-order valence-corrected chi connectivity index (χ1v) is 4.60. The van der Waals surface area contributed by atoms with Crippen LogP contribution in [0.4, 0.5) is 0 Å². The first kappa shape index (κ1) is 9.75. The zero-order chi connectivity index (χ0) is 9.30. The molecule has 0 aliphatic carbocycles. The standard InChI is InChI=1S/C10H18O2/c1-5-9(7(3)11)6(2)10-8(4)12-10/h7-11H,2,5H2,1,3-4H3/t7-,8+,9+,10+/m1/s1. The van der Waals surface area contributed by atoms with Gasteiger partial charge >= 0.3 is 0 Å². The molecular formula is C10H18O2. The molecule has 0 aromatic carbocycles. The fraction of sp³-hybridized carbons (Fsp3) is 0.800. The summed E-state index contributed by atoms with van der Waals surface area (Å²) in [7, 11) is 0. The maximum atomic E-state index is 9.43. The third-order valence-electron chi connectivity index (χ3n) is 2.57. The molecule has 1 saturated heterocycles. The molecule has 0 radical (unpaired) electrons. The molecule has 1 fully saturated rings. The number of aliphatic hydroxyl groups excluding tert-OH is 1. The molecule has 2 heteroatoms. The van der Waals surface area contributed by atoms with Crippen molar-refractivity contribution in [2.24, 2.45) is 5.92 Å². The highest BCUT2D eigenvalue weighted by atomic mass is 16.6. The second-order valence-corrected chi connectivity index (χ2v) is 3.59. The van der Waals surface area contributed by atoms with Crippen molar-refractivity contribution in [1.82, 2.24) is 0 Å².